The minimum Gasteiger partial charge on any atom is -0.337 e. The van der Waals surface area contributed by atoms with Gasteiger partial charge < -0.3 is 9.80 Å². The Hall–Kier alpha value is -2.63. The molecule has 0 spiro atoms. The van der Waals surface area contributed by atoms with E-state index in [1.54, 1.807) is 24.5 Å². The van der Waals surface area contributed by atoms with E-state index < -0.39 is 0 Å². The van der Waals surface area contributed by atoms with Crippen molar-refractivity contribution in [2.45, 2.75) is 0 Å². The molecule has 5 nitrogen and oxygen atoms in total. The van der Waals surface area contributed by atoms with Gasteiger partial charge in [0.05, 0.1) is 0 Å². The highest BCUT2D eigenvalue weighted by molar-refractivity contribution is 6.35. The number of piperazine rings is 1. The highest BCUT2D eigenvalue weighted by atomic mass is 35.5. The molecule has 1 amide bonds. The number of anilines is 1. The molecule has 0 unspecified atom stereocenters. The van der Waals surface area contributed by atoms with Crippen molar-refractivity contribution in [1.29, 1.82) is 0 Å². The number of halogens is 2. The monoisotopic (exact) mass is 412 g/mol. The van der Waals surface area contributed by atoms with Crippen molar-refractivity contribution in [3.8, 4) is 11.1 Å². The van der Waals surface area contributed by atoms with Crippen molar-refractivity contribution in [2.24, 2.45) is 0 Å². The van der Waals surface area contributed by atoms with Crippen LogP contribution in [0, 0.1) is 0 Å². The summed E-state index contributed by atoms with van der Waals surface area (Å²) in [6.45, 7) is 2.72. The maximum absolute atomic E-state index is 12.8. The van der Waals surface area contributed by atoms with E-state index in [0.29, 0.717) is 34.6 Å². The molecule has 1 fully saturated rings. The van der Waals surface area contributed by atoms with Crippen molar-refractivity contribution in [1.82, 2.24) is 14.9 Å². The Bertz CT molecular complexity index is 951. The standard InChI is InChI=1S/C21H18Cl2N4O/c22-18-12-17(13-19(23)14-18)15-2-4-16(5-3-15)20(28)26-8-10-27(11-9-26)21-24-6-1-7-25-21/h1-7,12-14H,8-11H2. The number of hydrogen-bond acceptors (Lipinski definition) is 4. The Morgan fingerprint density at radius 2 is 1.43 bits per heavy atom. The van der Waals surface area contributed by atoms with Crippen LogP contribution in [-0.4, -0.2) is 47.0 Å². The normalized spacial score (nSPS) is 14.2. The fraction of sp³-hybridized carbons (Fsp3) is 0.190. The molecule has 1 saturated heterocycles. The van der Waals surface area contributed by atoms with E-state index in [0.717, 1.165) is 24.2 Å². The summed E-state index contributed by atoms with van der Waals surface area (Å²) in [6, 6.07) is 14.7. The van der Waals surface area contributed by atoms with Gasteiger partial charge in [-0.05, 0) is 47.5 Å². The summed E-state index contributed by atoms with van der Waals surface area (Å²) < 4.78 is 0. The molecule has 2 aromatic carbocycles. The molecule has 0 N–H and O–H groups in total. The number of rotatable bonds is 3. The van der Waals surface area contributed by atoms with Gasteiger partial charge in [0.2, 0.25) is 5.95 Å². The summed E-state index contributed by atoms with van der Waals surface area (Å²) in [5.41, 5.74) is 2.56. The SMILES string of the molecule is O=C(c1ccc(-c2cc(Cl)cc(Cl)c2)cc1)N1CCN(c2ncccn2)CC1. The first-order chi connectivity index (χ1) is 13.6. The highest BCUT2D eigenvalue weighted by Gasteiger charge is 2.23. The molecule has 0 saturated carbocycles. The van der Waals surface area contributed by atoms with E-state index in [9.17, 15) is 4.79 Å². The van der Waals surface area contributed by atoms with E-state index in [4.69, 9.17) is 23.2 Å². The molecule has 1 aliphatic heterocycles. The quantitative estimate of drug-likeness (QED) is 0.638. The lowest BCUT2D eigenvalue weighted by atomic mass is 10.0. The molecule has 0 bridgehead atoms. The van der Waals surface area contributed by atoms with Crippen molar-refractivity contribution in [3.05, 3.63) is 76.5 Å². The fourth-order valence-electron chi connectivity index (χ4n) is 3.27. The van der Waals surface area contributed by atoms with Gasteiger partial charge in [0.25, 0.3) is 5.91 Å². The maximum atomic E-state index is 12.8. The lowest BCUT2D eigenvalue weighted by Gasteiger charge is -2.34. The van der Waals surface area contributed by atoms with Gasteiger partial charge in [-0.1, -0.05) is 35.3 Å². The van der Waals surface area contributed by atoms with Crippen molar-refractivity contribution in [3.63, 3.8) is 0 Å². The van der Waals surface area contributed by atoms with Gasteiger partial charge in [-0.15, -0.1) is 0 Å². The highest BCUT2D eigenvalue weighted by Crippen LogP contribution is 2.27. The summed E-state index contributed by atoms with van der Waals surface area (Å²) in [5.74, 6) is 0.739. The van der Waals surface area contributed by atoms with Crippen LogP contribution in [0.2, 0.25) is 10.0 Å². The summed E-state index contributed by atoms with van der Waals surface area (Å²) in [5, 5.41) is 1.17. The van der Waals surface area contributed by atoms with Gasteiger partial charge in [0.1, 0.15) is 0 Å². The van der Waals surface area contributed by atoms with Crippen molar-refractivity contribution >= 4 is 35.1 Å². The zero-order valence-corrected chi connectivity index (χ0v) is 16.6. The molecule has 28 heavy (non-hydrogen) atoms. The zero-order valence-electron chi connectivity index (χ0n) is 15.1. The lowest BCUT2D eigenvalue weighted by molar-refractivity contribution is 0.0746. The number of nitrogens with zero attached hydrogens (tertiary/aromatic N) is 4. The van der Waals surface area contributed by atoms with Crippen LogP contribution < -0.4 is 4.90 Å². The van der Waals surface area contributed by atoms with E-state index in [2.05, 4.69) is 14.9 Å². The zero-order chi connectivity index (χ0) is 19.5. The van der Waals surface area contributed by atoms with Gasteiger partial charge >= 0.3 is 0 Å². The van der Waals surface area contributed by atoms with Gasteiger partial charge in [0, 0.05) is 54.2 Å². The van der Waals surface area contributed by atoms with Gasteiger partial charge in [-0.2, -0.15) is 0 Å². The fourth-order valence-corrected chi connectivity index (χ4v) is 3.80. The van der Waals surface area contributed by atoms with Gasteiger partial charge in [0.15, 0.2) is 0 Å². The van der Waals surface area contributed by atoms with Crippen molar-refractivity contribution < 1.29 is 4.79 Å². The third-order valence-electron chi connectivity index (χ3n) is 4.73. The molecule has 0 radical (unpaired) electrons. The topological polar surface area (TPSA) is 49.3 Å². The summed E-state index contributed by atoms with van der Waals surface area (Å²) >= 11 is 12.2. The Kier molecular flexibility index (Phi) is 5.46. The second-order valence-corrected chi connectivity index (χ2v) is 7.44. The number of carbonyl (C=O) groups excluding carboxylic acids is 1. The largest absolute Gasteiger partial charge is 0.337 e. The molecule has 0 aliphatic carbocycles. The first-order valence-corrected chi connectivity index (χ1v) is 9.73. The Morgan fingerprint density at radius 1 is 0.821 bits per heavy atom. The summed E-state index contributed by atoms with van der Waals surface area (Å²) in [6.07, 6.45) is 3.46. The summed E-state index contributed by atoms with van der Waals surface area (Å²) in [7, 11) is 0. The van der Waals surface area contributed by atoms with E-state index in [1.165, 1.54) is 0 Å². The Labute approximate surface area is 173 Å². The van der Waals surface area contributed by atoms with E-state index in [1.807, 2.05) is 41.3 Å². The van der Waals surface area contributed by atoms with Crippen LogP contribution in [0.3, 0.4) is 0 Å². The molecule has 7 heteroatoms. The number of aromatic nitrogens is 2. The first kappa shape index (κ1) is 18.7. The molecule has 4 rings (SSSR count). The van der Waals surface area contributed by atoms with Crippen molar-refractivity contribution in [2.75, 3.05) is 31.1 Å². The molecule has 3 aromatic rings. The molecular formula is C21H18Cl2N4O. The number of carbonyl (C=O) groups is 1. The second-order valence-electron chi connectivity index (χ2n) is 6.56. The number of amides is 1. The smallest absolute Gasteiger partial charge is 0.253 e. The molecular weight excluding hydrogens is 395 g/mol. The van der Waals surface area contributed by atoms with Gasteiger partial charge in [-0.25, -0.2) is 9.97 Å². The van der Waals surface area contributed by atoms with E-state index in [-0.39, 0.29) is 5.91 Å². The minimum absolute atomic E-state index is 0.0318. The van der Waals surface area contributed by atoms with Crippen LogP contribution in [0.5, 0.6) is 0 Å². The van der Waals surface area contributed by atoms with Gasteiger partial charge in [-0.3, -0.25) is 4.79 Å². The second kappa shape index (κ2) is 8.17. The molecule has 1 aromatic heterocycles. The predicted molar refractivity (Wildman–Crippen MR) is 112 cm³/mol. The molecule has 142 valence electrons. The average Bonchev–Trinajstić information content (AvgIpc) is 2.73. The third-order valence-corrected chi connectivity index (χ3v) is 5.17. The first-order valence-electron chi connectivity index (χ1n) is 8.98. The number of hydrogen-bond donors (Lipinski definition) is 0. The number of benzene rings is 2. The Morgan fingerprint density at radius 3 is 2.04 bits per heavy atom. The maximum Gasteiger partial charge on any atom is 0.253 e. The summed E-state index contributed by atoms with van der Waals surface area (Å²) in [4.78, 5) is 25.3. The molecule has 2 heterocycles. The van der Waals surface area contributed by atoms with Crippen LogP contribution in [-0.2, 0) is 0 Å². The average molecular weight is 413 g/mol. The predicted octanol–water partition coefficient (Wildman–Crippen LogP) is 4.41. The third kappa shape index (κ3) is 4.11. The minimum atomic E-state index is 0.0318. The lowest BCUT2D eigenvalue weighted by Crippen LogP contribution is -2.49. The van der Waals surface area contributed by atoms with Crippen LogP contribution >= 0.6 is 23.2 Å². The van der Waals surface area contributed by atoms with E-state index >= 15 is 0 Å². The Balaban J connectivity index is 1.43. The van der Waals surface area contributed by atoms with Crippen LogP contribution in [0.4, 0.5) is 5.95 Å². The van der Waals surface area contributed by atoms with Crippen LogP contribution in [0.1, 0.15) is 10.4 Å². The van der Waals surface area contributed by atoms with Crippen LogP contribution in [0.15, 0.2) is 60.9 Å². The molecule has 0 atom stereocenters. The van der Waals surface area contributed by atoms with Crippen LogP contribution in [0.25, 0.3) is 11.1 Å². The molecule has 1 aliphatic rings.